The Morgan fingerprint density at radius 3 is 3.13 bits per heavy atom. The van der Waals surface area contributed by atoms with Gasteiger partial charge in [-0.1, -0.05) is 6.08 Å². The first-order valence-corrected chi connectivity index (χ1v) is 5.88. The molecule has 2 rings (SSSR count). The van der Waals surface area contributed by atoms with Gasteiger partial charge in [-0.2, -0.15) is 0 Å². The number of hydrogen-bond acceptors (Lipinski definition) is 2. The van der Waals surface area contributed by atoms with Crippen molar-refractivity contribution >= 4 is 0 Å². The maximum Gasteiger partial charge on any atom is 0.106 e. The maximum atomic E-state index is 5.83. The van der Waals surface area contributed by atoms with E-state index in [4.69, 9.17) is 4.74 Å². The molecule has 1 fully saturated rings. The molecule has 0 spiro atoms. The lowest BCUT2D eigenvalue weighted by molar-refractivity contribution is 0.0376. The van der Waals surface area contributed by atoms with E-state index in [2.05, 4.69) is 31.5 Å². The zero-order valence-electron chi connectivity index (χ0n) is 9.78. The van der Waals surface area contributed by atoms with Crippen LogP contribution in [0.1, 0.15) is 26.2 Å². The molecule has 0 N–H and O–H groups in total. The van der Waals surface area contributed by atoms with Gasteiger partial charge in [0.15, 0.2) is 0 Å². The Bertz CT molecular complexity index is 272. The Balaban J connectivity index is 2.07. The van der Waals surface area contributed by atoms with E-state index in [0.717, 1.165) is 12.3 Å². The lowest BCUT2D eigenvalue weighted by Crippen LogP contribution is -2.44. The molecule has 0 saturated heterocycles. The molecule has 3 unspecified atom stereocenters. The summed E-state index contributed by atoms with van der Waals surface area (Å²) in [6.07, 6.45) is 8.53. The molecule has 0 aromatic heterocycles. The van der Waals surface area contributed by atoms with E-state index < -0.39 is 0 Å². The molecule has 3 atom stereocenters. The zero-order chi connectivity index (χ0) is 10.8. The summed E-state index contributed by atoms with van der Waals surface area (Å²) in [7, 11) is 2.19. The molecule has 0 radical (unpaired) electrons. The molecule has 15 heavy (non-hydrogen) atoms. The molecule has 2 aliphatic rings. The molecule has 2 heteroatoms. The standard InChI is InChI=1S/C13H21NO/c1-4-8-14(3)12-6-5-7-13-11(12)9-10(2)15-13/h4,9,11-13H,1,5-8H2,2-3H3. The fourth-order valence-corrected chi connectivity index (χ4v) is 2.92. The molecule has 1 aliphatic heterocycles. The van der Waals surface area contributed by atoms with Gasteiger partial charge in [-0.05, 0) is 39.3 Å². The van der Waals surface area contributed by atoms with Gasteiger partial charge in [0, 0.05) is 18.5 Å². The van der Waals surface area contributed by atoms with Crippen LogP contribution in [0, 0.1) is 5.92 Å². The average Bonchev–Trinajstić information content (AvgIpc) is 2.57. The van der Waals surface area contributed by atoms with Crippen molar-refractivity contribution in [2.24, 2.45) is 5.92 Å². The SMILES string of the molecule is C=CCN(C)C1CCCC2OC(C)=CC21. The molecule has 0 amide bonds. The predicted molar refractivity (Wildman–Crippen MR) is 62.6 cm³/mol. The molecule has 0 bridgehead atoms. The highest BCUT2D eigenvalue weighted by molar-refractivity contribution is 5.10. The van der Waals surface area contributed by atoms with E-state index >= 15 is 0 Å². The molecule has 2 nitrogen and oxygen atoms in total. The first-order valence-electron chi connectivity index (χ1n) is 5.88. The first kappa shape index (κ1) is 10.7. The molecule has 1 heterocycles. The highest BCUT2D eigenvalue weighted by atomic mass is 16.5. The van der Waals surface area contributed by atoms with Crippen LogP contribution < -0.4 is 0 Å². The van der Waals surface area contributed by atoms with Gasteiger partial charge in [0.1, 0.15) is 6.10 Å². The van der Waals surface area contributed by atoms with Crippen molar-refractivity contribution in [3.05, 3.63) is 24.5 Å². The summed E-state index contributed by atoms with van der Waals surface area (Å²) in [6.45, 7) is 6.85. The summed E-state index contributed by atoms with van der Waals surface area (Å²) in [4.78, 5) is 2.41. The number of nitrogens with zero attached hydrogens (tertiary/aromatic N) is 1. The van der Waals surface area contributed by atoms with Crippen LogP contribution in [0.25, 0.3) is 0 Å². The Labute approximate surface area is 92.6 Å². The lowest BCUT2D eigenvalue weighted by Gasteiger charge is -2.37. The summed E-state index contributed by atoms with van der Waals surface area (Å²) in [5.41, 5.74) is 0. The van der Waals surface area contributed by atoms with Gasteiger partial charge in [-0.25, -0.2) is 0 Å². The van der Waals surface area contributed by atoms with Crippen molar-refractivity contribution < 1.29 is 4.74 Å². The minimum absolute atomic E-state index is 0.441. The summed E-state index contributed by atoms with van der Waals surface area (Å²) in [5, 5.41) is 0. The third-order valence-electron chi connectivity index (χ3n) is 3.61. The summed E-state index contributed by atoms with van der Waals surface area (Å²) < 4.78 is 5.83. The number of ether oxygens (including phenoxy) is 1. The fraction of sp³-hybridized carbons (Fsp3) is 0.692. The quantitative estimate of drug-likeness (QED) is 0.659. The summed E-state index contributed by atoms with van der Waals surface area (Å²) in [5.74, 6) is 1.72. The van der Waals surface area contributed by atoms with E-state index in [1.54, 1.807) is 0 Å². The Morgan fingerprint density at radius 1 is 1.60 bits per heavy atom. The fourth-order valence-electron chi connectivity index (χ4n) is 2.92. The number of likely N-dealkylation sites (N-methyl/N-ethyl adjacent to an activating group) is 1. The highest BCUT2D eigenvalue weighted by Gasteiger charge is 2.38. The van der Waals surface area contributed by atoms with Gasteiger partial charge in [0.25, 0.3) is 0 Å². The molecule has 0 aromatic carbocycles. The monoisotopic (exact) mass is 207 g/mol. The average molecular weight is 207 g/mol. The Hall–Kier alpha value is -0.760. The van der Waals surface area contributed by atoms with Crippen LogP contribution in [0.15, 0.2) is 24.5 Å². The van der Waals surface area contributed by atoms with Gasteiger partial charge in [-0.15, -0.1) is 6.58 Å². The van der Waals surface area contributed by atoms with Gasteiger partial charge in [0.2, 0.25) is 0 Å². The highest BCUT2D eigenvalue weighted by Crippen LogP contribution is 2.37. The Kier molecular flexibility index (Phi) is 3.15. The number of hydrogen-bond donors (Lipinski definition) is 0. The minimum Gasteiger partial charge on any atom is -0.495 e. The number of fused-ring (bicyclic) bond motifs is 1. The van der Waals surface area contributed by atoms with E-state index in [1.807, 2.05) is 6.08 Å². The largest absolute Gasteiger partial charge is 0.495 e. The van der Waals surface area contributed by atoms with E-state index in [1.165, 1.54) is 19.3 Å². The van der Waals surface area contributed by atoms with Crippen molar-refractivity contribution in [2.45, 2.75) is 38.3 Å². The molecular formula is C13H21NO. The second-order valence-corrected chi connectivity index (χ2v) is 4.74. The van der Waals surface area contributed by atoms with E-state index in [0.29, 0.717) is 18.1 Å². The van der Waals surface area contributed by atoms with Gasteiger partial charge < -0.3 is 4.74 Å². The summed E-state index contributed by atoms with van der Waals surface area (Å²) >= 11 is 0. The van der Waals surface area contributed by atoms with E-state index in [9.17, 15) is 0 Å². The predicted octanol–water partition coefficient (Wildman–Crippen LogP) is 2.58. The van der Waals surface area contributed by atoms with Gasteiger partial charge in [-0.3, -0.25) is 4.90 Å². The smallest absolute Gasteiger partial charge is 0.106 e. The van der Waals surface area contributed by atoms with Crippen LogP contribution in [0.2, 0.25) is 0 Å². The minimum atomic E-state index is 0.441. The number of allylic oxidation sites excluding steroid dienone is 1. The zero-order valence-corrected chi connectivity index (χ0v) is 9.78. The van der Waals surface area contributed by atoms with Crippen molar-refractivity contribution in [2.75, 3.05) is 13.6 Å². The molecule has 0 aromatic rings. The first-order chi connectivity index (χ1) is 7.22. The molecule has 1 saturated carbocycles. The molecule has 84 valence electrons. The summed E-state index contributed by atoms with van der Waals surface area (Å²) in [6, 6.07) is 0.638. The van der Waals surface area contributed by atoms with Crippen molar-refractivity contribution in [3.8, 4) is 0 Å². The third kappa shape index (κ3) is 2.10. The Morgan fingerprint density at radius 2 is 2.40 bits per heavy atom. The van der Waals surface area contributed by atoms with Crippen molar-refractivity contribution in [1.82, 2.24) is 4.90 Å². The van der Waals surface area contributed by atoms with Crippen LogP contribution in [-0.2, 0) is 4.74 Å². The van der Waals surface area contributed by atoms with Crippen LogP contribution in [0.4, 0.5) is 0 Å². The van der Waals surface area contributed by atoms with Crippen molar-refractivity contribution in [1.29, 1.82) is 0 Å². The van der Waals surface area contributed by atoms with Crippen LogP contribution in [-0.4, -0.2) is 30.6 Å². The third-order valence-corrected chi connectivity index (χ3v) is 3.61. The van der Waals surface area contributed by atoms with E-state index in [-0.39, 0.29) is 0 Å². The maximum absolute atomic E-state index is 5.83. The van der Waals surface area contributed by atoms with Crippen LogP contribution in [0.5, 0.6) is 0 Å². The molecular weight excluding hydrogens is 186 g/mol. The molecule has 1 aliphatic carbocycles. The number of rotatable bonds is 3. The van der Waals surface area contributed by atoms with Gasteiger partial charge >= 0.3 is 0 Å². The lowest BCUT2D eigenvalue weighted by atomic mass is 9.82. The van der Waals surface area contributed by atoms with Crippen molar-refractivity contribution in [3.63, 3.8) is 0 Å². The topological polar surface area (TPSA) is 12.5 Å². The second-order valence-electron chi connectivity index (χ2n) is 4.74. The van der Waals surface area contributed by atoms with Gasteiger partial charge in [0.05, 0.1) is 5.76 Å². The second kappa shape index (κ2) is 4.40. The normalized spacial score (nSPS) is 34.6. The van der Waals surface area contributed by atoms with Crippen LogP contribution in [0.3, 0.4) is 0 Å². The van der Waals surface area contributed by atoms with Crippen LogP contribution >= 0.6 is 0 Å².